The van der Waals surface area contributed by atoms with Gasteiger partial charge in [0.2, 0.25) is 12.2 Å². The van der Waals surface area contributed by atoms with Crippen LogP contribution in [0.4, 0.5) is 11.4 Å². The number of aliphatic imine (C=N–C) groups is 2. The summed E-state index contributed by atoms with van der Waals surface area (Å²) in [6.07, 6.45) is 6.55. The van der Waals surface area contributed by atoms with Gasteiger partial charge in [0.25, 0.3) is 0 Å². The molecule has 0 atom stereocenters. The predicted molar refractivity (Wildman–Crippen MR) is 110 cm³/mol. The lowest BCUT2D eigenvalue weighted by molar-refractivity contribution is 0.564. The second-order valence-corrected chi connectivity index (χ2v) is 6.50. The van der Waals surface area contributed by atoms with Crippen LogP contribution in [0, 0.1) is 6.92 Å². The first kappa shape index (κ1) is 20.5. The Hall–Kier alpha value is -2.80. The molecule has 0 fully saturated rings. The van der Waals surface area contributed by atoms with Crippen molar-refractivity contribution in [2.24, 2.45) is 9.98 Å². The quantitative estimate of drug-likeness (QED) is 0.458. The minimum Gasteiger partial charge on any atom is -0.211 e. The molecule has 0 spiro atoms. The molecule has 0 aromatic heterocycles. The molecule has 0 aliphatic carbocycles. The highest BCUT2D eigenvalue weighted by Crippen LogP contribution is 2.38. The number of rotatable bonds is 7. The molecule has 0 saturated heterocycles. The van der Waals surface area contributed by atoms with Crippen LogP contribution in [-0.4, -0.2) is 12.2 Å². The Labute approximate surface area is 161 Å². The van der Waals surface area contributed by atoms with Gasteiger partial charge in [-0.1, -0.05) is 27.7 Å². The van der Waals surface area contributed by atoms with E-state index in [0.29, 0.717) is 0 Å². The van der Waals surface area contributed by atoms with E-state index in [0.717, 1.165) is 76.0 Å². The summed E-state index contributed by atoms with van der Waals surface area (Å²) < 4.78 is 0. The van der Waals surface area contributed by atoms with E-state index in [2.05, 4.69) is 62.8 Å². The van der Waals surface area contributed by atoms with Crippen LogP contribution in [0.15, 0.2) is 28.2 Å². The van der Waals surface area contributed by atoms with Crippen molar-refractivity contribution in [3.63, 3.8) is 0 Å². The normalized spacial score (nSPS) is 10.3. The average molecular weight is 362 g/mol. The number of aryl methyl sites for hydroxylation is 3. The predicted octanol–water partition coefficient (Wildman–Crippen LogP) is 5.85. The highest BCUT2D eigenvalue weighted by Gasteiger charge is 2.17. The summed E-state index contributed by atoms with van der Waals surface area (Å²) in [5.41, 5.74) is 9.07. The van der Waals surface area contributed by atoms with E-state index in [1.807, 2.05) is 0 Å². The smallest absolute Gasteiger partial charge is 0.211 e. The van der Waals surface area contributed by atoms with Crippen LogP contribution < -0.4 is 0 Å². The molecule has 0 N–H and O–H groups in total. The zero-order valence-electron chi connectivity index (χ0n) is 16.8. The van der Waals surface area contributed by atoms with Gasteiger partial charge in [-0.05, 0) is 89.8 Å². The molecule has 0 radical (unpaired) electrons. The first-order chi connectivity index (χ1) is 13.1. The van der Waals surface area contributed by atoms with Crippen molar-refractivity contribution in [3.05, 3.63) is 46.0 Å². The standard InChI is InChI=1S/C23H26N2O2/c1-6-16-10-19(11-17(7-2)22(16)24-13-26)21-12-18(8-3)23(25-14-27)20(9-4)15(21)5/h10-12H,6-9H2,1-5H3. The third kappa shape index (κ3) is 3.98. The van der Waals surface area contributed by atoms with Crippen LogP contribution in [0.25, 0.3) is 11.1 Å². The molecule has 2 aromatic rings. The van der Waals surface area contributed by atoms with Crippen molar-refractivity contribution in [1.82, 2.24) is 0 Å². The second-order valence-electron chi connectivity index (χ2n) is 6.50. The van der Waals surface area contributed by atoms with Crippen LogP contribution in [-0.2, 0) is 35.3 Å². The van der Waals surface area contributed by atoms with Crippen LogP contribution in [0.1, 0.15) is 55.5 Å². The molecular weight excluding hydrogens is 336 g/mol. The first-order valence-corrected chi connectivity index (χ1v) is 9.53. The molecule has 0 amide bonds. The maximum Gasteiger partial charge on any atom is 0.240 e. The Bertz CT molecular complexity index is 922. The fourth-order valence-electron chi connectivity index (χ4n) is 3.72. The minimum atomic E-state index is 0.741. The maximum atomic E-state index is 10.9. The molecule has 0 heterocycles. The van der Waals surface area contributed by atoms with Crippen LogP contribution in [0.5, 0.6) is 0 Å². The van der Waals surface area contributed by atoms with Gasteiger partial charge in [-0.3, -0.25) is 0 Å². The van der Waals surface area contributed by atoms with Gasteiger partial charge in [0.1, 0.15) is 0 Å². The van der Waals surface area contributed by atoms with E-state index in [4.69, 9.17) is 0 Å². The van der Waals surface area contributed by atoms with E-state index >= 15 is 0 Å². The second kappa shape index (κ2) is 9.23. The largest absolute Gasteiger partial charge is 0.240 e. The molecule has 140 valence electrons. The van der Waals surface area contributed by atoms with Gasteiger partial charge in [0.15, 0.2) is 0 Å². The number of benzene rings is 2. The summed E-state index contributed by atoms with van der Waals surface area (Å²) in [6, 6.07) is 6.35. The van der Waals surface area contributed by atoms with E-state index in [1.54, 1.807) is 12.2 Å². The third-order valence-corrected chi connectivity index (χ3v) is 5.16. The lowest BCUT2D eigenvalue weighted by Crippen LogP contribution is -1.98. The summed E-state index contributed by atoms with van der Waals surface area (Å²) in [4.78, 5) is 29.7. The minimum absolute atomic E-state index is 0.741. The van der Waals surface area contributed by atoms with E-state index < -0.39 is 0 Å². The molecule has 0 aliphatic heterocycles. The number of carbonyl (C=O) groups excluding carboxylic acids is 2. The van der Waals surface area contributed by atoms with Crippen LogP contribution in [0.3, 0.4) is 0 Å². The summed E-state index contributed by atoms with van der Waals surface area (Å²) in [5, 5.41) is 0. The van der Waals surface area contributed by atoms with E-state index in [9.17, 15) is 9.59 Å². The van der Waals surface area contributed by atoms with Crippen molar-refractivity contribution in [2.45, 2.75) is 60.3 Å². The van der Waals surface area contributed by atoms with Gasteiger partial charge in [0, 0.05) is 0 Å². The zero-order valence-corrected chi connectivity index (χ0v) is 16.8. The van der Waals surface area contributed by atoms with Crippen LogP contribution in [0.2, 0.25) is 0 Å². The fourth-order valence-corrected chi connectivity index (χ4v) is 3.72. The topological polar surface area (TPSA) is 58.9 Å². The van der Waals surface area contributed by atoms with Crippen molar-refractivity contribution in [2.75, 3.05) is 0 Å². The van der Waals surface area contributed by atoms with Gasteiger partial charge in [-0.25, -0.2) is 9.59 Å². The van der Waals surface area contributed by atoms with Crippen molar-refractivity contribution >= 4 is 23.5 Å². The van der Waals surface area contributed by atoms with Gasteiger partial charge in [-0.2, -0.15) is 9.98 Å². The Morgan fingerprint density at radius 2 is 1.22 bits per heavy atom. The van der Waals surface area contributed by atoms with Gasteiger partial charge in [-0.15, -0.1) is 0 Å². The first-order valence-electron chi connectivity index (χ1n) is 9.53. The Balaban J connectivity index is 2.85. The lowest BCUT2D eigenvalue weighted by Gasteiger charge is -2.18. The van der Waals surface area contributed by atoms with Crippen molar-refractivity contribution in [3.8, 4) is 11.1 Å². The van der Waals surface area contributed by atoms with E-state index in [1.165, 1.54) is 0 Å². The van der Waals surface area contributed by atoms with Crippen LogP contribution >= 0.6 is 0 Å². The number of hydrogen-bond acceptors (Lipinski definition) is 4. The summed E-state index contributed by atoms with van der Waals surface area (Å²) >= 11 is 0. The number of nitrogens with zero attached hydrogens (tertiary/aromatic N) is 2. The Kier molecular flexibility index (Phi) is 7.01. The molecule has 4 nitrogen and oxygen atoms in total. The Morgan fingerprint density at radius 1 is 0.741 bits per heavy atom. The van der Waals surface area contributed by atoms with Gasteiger partial charge >= 0.3 is 0 Å². The molecule has 2 rings (SSSR count). The molecule has 0 saturated carbocycles. The third-order valence-electron chi connectivity index (χ3n) is 5.16. The average Bonchev–Trinajstić information content (AvgIpc) is 2.69. The summed E-state index contributed by atoms with van der Waals surface area (Å²) in [5.74, 6) is 0. The molecular formula is C23H26N2O2. The molecule has 4 heteroatoms. The molecule has 2 aromatic carbocycles. The van der Waals surface area contributed by atoms with E-state index in [-0.39, 0.29) is 0 Å². The molecule has 0 unspecified atom stereocenters. The number of hydrogen-bond donors (Lipinski definition) is 0. The maximum absolute atomic E-state index is 10.9. The fraction of sp³-hybridized carbons (Fsp3) is 0.391. The summed E-state index contributed by atoms with van der Waals surface area (Å²) in [7, 11) is 0. The van der Waals surface area contributed by atoms with Crippen molar-refractivity contribution < 1.29 is 9.59 Å². The highest BCUT2D eigenvalue weighted by atomic mass is 16.1. The Morgan fingerprint density at radius 3 is 1.67 bits per heavy atom. The molecule has 0 bridgehead atoms. The van der Waals surface area contributed by atoms with Gasteiger partial charge < -0.3 is 0 Å². The molecule has 27 heavy (non-hydrogen) atoms. The summed E-state index contributed by atoms with van der Waals surface area (Å²) in [6.45, 7) is 10.3. The monoisotopic (exact) mass is 362 g/mol. The zero-order chi connectivity index (χ0) is 20.0. The molecule has 0 aliphatic rings. The lowest BCUT2D eigenvalue weighted by atomic mass is 9.88. The SMILES string of the molecule is CCc1cc(-c2cc(CC)c(N=C=O)c(CC)c2C)cc(CC)c1N=C=O. The van der Waals surface area contributed by atoms with Crippen molar-refractivity contribution in [1.29, 1.82) is 0 Å². The highest BCUT2D eigenvalue weighted by molar-refractivity contribution is 5.78. The number of isocyanates is 2. The van der Waals surface area contributed by atoms with Gasteiger partial charge in [0.05, 0.1) is 11.4 Å².